The van der Waals surface area contributed by atoms with E-state index in [2.05, 4.69) is 43.0 Å². The lowest BCUT2D eigenvalue weighted by Crippen LogP contribution is -2.24. The number of esters is 1. The Morgan fingerprint density at radius 3 is 2.64 bits per heavy atom. The molecule has 2 atom stereocenters. The molecule has 3 rings (SSSR count). The van der Waals surface area contributed by atoms with Crippen LogP contribution >= 0.6 is 11.6 Å². The summed E-state index contributed by atoms with van der Waals surface area (Å²) in [4.78, 5) is 11.0. The minimum atomic E-state index is -0.300. The lowest BCUT2D eigenvalue weighted by Gasteiger charge is -2.26. The minimum Gasteiger partial charge on any atom is -0.463 e. The molecule has 1 aliphatic heterocycles. The molecule has 4 heteroatoms. The van der Waals surface area contributed by atoms with E-state index in [-0.39, 0.29) is 24.8 Å². The van der Waals surface area contributed by atoms with E-state index in [1.165, 1.54) is 12.5 Å². The van der Waals surface area contributed by atoms with E-state index in [9.17, 15) is 4.79 Å². The molecule has 0 aliphatic carbocycles. The van der Waals surface area contributed by atoms with Crippen molar-refractivity contribution in [2.75, 3.05) is 6.61 Å². The second-order valence-electron chi connectivity index (χ2n) is 7.13. The molecule has 0 spiro atoms. The molecule has 0 aromatic heterocycles. The van der Waals surface area contributed by atoms with E-state index in [0.29, 0.717) is 0 Å². The van der Waals surface area contributed by atoms with Gasteiger partial charge in [-0.05, 0) is 48.1 Å². The lowest BCUT2D eigenvalue weighted by atomic mass is 9.97. The Hall–Kier alpha value is -2.36. The zero-order valence-corrected chi connectivity index (χ0v) is 17.0. The van der Waals surface area contributed by atoms with Crippen LogP contribution in [0.4, 0.5) is 0 Å². The Bertz CT molecular complexity index is 883. The quantitative estimate of drug-likeness (QED) is 0.449. The van der Waals surface area contributed by atoms with Crippen molar-refractivity contribution in [3.8, 4) is 0 Å². The van der Waals surface area contributed by atoms with Gasteiger partial charge in [0.25, 0.3) is 0 Å². The fraction of sp³-hybridized carbons (Fsp3) is 0.292. The molecule has 0 unspecified atom stereocenters. The molecule has 2 aromatic carbocycles. The molecule has 0 N–H and O–H groups in total. The van der Waals surface area contributed by atoms with Crippen LogP contribution in [0, 0.1) is 0 Å². The van der Waals surface area contributed by atoms with E-state index in [1.807, 2.05) is 25.1 Å². The molecule has 1 heterocycles. The second-order valence-corrected chi connectivity index (χ2v) is 7.54. The smallest absolute Gasteiger partial charge is 0.302 e. The zero-order valence-electron chi connectivity index (χ0n) is 16.3. The summed E-state index contributed by atoms with van der Waals surface area (Å²) < 4.78 is 11.2. The van der Waals surface area contributed by atoms with Gasteiger partial charge in [0.15, 0.2) is 0 Å². The van der Waals surface area contributed by atoms with Gasteiger partial charge in [0.1, 0.15) is 12.7 Å². The fourth-order valence-electron chi connectivity index (χ4n) is 3.23. The number of carbonyl (C=O) groups is 1. The highest BCUT2D eigenvalue weighted by molar-refractivity contribution is 6.31. The van der Waals surface area contributed by atoms with E-state index < -0.39 is 0 Å². The minimum absolute atomic E-state index is 0.0765. The predicted octanol–water partition coefficient (Wildman–Crippen LogP) is 5.91. The number of allylic oxidation sites excluding steroid dienone is 1. The molecule has 0 fully saturated rings. The summed E-state index contributed by atoms with van der Waals surface area (Å²) in [6.07, 6.45) is 5.25. The lowest BCUT2D eigenvalue weighted by molar-refractivity contribution is -0.145. The van der Waals surface area contributed by atoms with Crippen molar-refractivity contribution in [3.63, 3.8) is 0 Å². The van der Waals surface area contributed by atoms with Crippen LogP contribution < -0.4 is 0 Å². The summed E-state index contributed by atoms with van der Waals surface area (Å²) in [7, 11) is 0. The second kappa shape index (κ2) is 9.22. The topological polar surface area (TPSA) is 35.5 Å². The summed E-state index contributed by atoms with van der Waals surface area (Å²) in [5, 5.41) is 0.746. The predicted molar refractivity (Wildman–Crippen MR) is 113 cm³/mol. The summed E-state index contributed by atoms with van der Waals surface area (Å²) >= 11 is 6.45. The molecule has 2 aromatic rings. The first-order valence-electron chi connectivity index (χ1n) is 9.41. The first-order valence-corrected chi connectivity index (χ1v) is 9.79. The molecule has 0 amide bonds. The third-order valence-electron chi connectivity index (χ3n) is 4.77. The van der Waals surface area contributed by atoms with Gasteiger partial charge in [0.2, 0.25) is 0 Å². The highest BCUT2D eigenvalue weighted by Gasteiger charge is 2.21. The van der Waals surface area contributed by atoms with E-state index in [0.717, 1.165) is 40.1 Å². The van der Waals surface area contributed by atoms with Gasteiger partial charge < -0.3 is 9.47 Å². The molecular formula is C24H25ClO3. The highest BCUT2D eigenvalue weighted by atomic mass is 35.5. The van der Waals surface area contributed by atoms with Gasteiger partial charge in [-0.25, -0.2) is 0 Å². The Kier molecular flexibility index (Phi) is 6.71. The van der Waals surface area contributed by atoms with E-state index in [4.69, 9.17) is 21.1 Å². The van der Waals surface area contributed by atoms with Gasteiger partial charge >= 0.3 is 5.97 Å². The van der Waals surface area contributed by atoms with Crippen LogP contribution in [0.5, 0.6) is 0 Å². The molecule has 146 valence electrons. The average molecular weight is 397 g/mol. The fourth-order valence-corrected chi connectivity index (χ4v) is 3.42. The third-order valence-corrected chi connectivity index (χ3v) is 5.14. The van der Waals surface area contributed by atoms with Crippen molar-refractivity contribution in [1.29, 1.82) is 0 Å². The Balaban J connectivity index is 1.73. The third kappa shape index (κ3) is 5.34. The number of carbonyl (C=O) groups excluding carboxylic acids is 1. The number of benzene rings is 2. The summed E-state index contributed by atoms with van der Waals surface area (Å²) in [5.74, 6) is -0.300. The van der Waals surface area contributed by atoms with E-state index >= 15 is 0 Å². The van der Waals surface area contributed by atoms with Gasteiger partial charge in [-0.15, -0.1) is 0 Å². The van der Waals surface area contributed by atoms with Crippen molar-refractivity contribution in [2.24, 2.45) is 0 Å². The normalized spacial score (nSPS) is 18.7. The Labute approximate surface area is 171 Å². The molecule has 1 aliphatic rings. The van der Waals surface area contributed by atoms with Gasteiger partial charge in [-0.2, -0.15) is 0 Å². The Morgan fingerprint density at radius 2 is 1.96 bits per heavy atom. The van der Waals surface area contributed by atoms with Gasteiger partial charge in [-0.3, -0.25) is 4.79 Å². The van der Waals surface area contributed by atoms with E-state index in [1.54, 1.807) is 0 Å². The SMILES string of the molecule is C=C(C)c1ccc(Cc2cc([C@@H]3CC=C[C@H](COC(C)=O)O3)ccc2Cl)cc1. The summed E-state index contributed by atoms with van der Waals surface area (Å²) in [6.45, 7) is 7.62. The molecule has 0 bridgehead atoms. The Morgan fingerprint density at radius 1 is 1.21 bits per heavy atom. The van der Waals surface area contributed by atoms with Crippen LogP contribution in [-0.2, 0) is 20.7 Å². The van der Waals surface area contributed by atoms with Crippen LogP contribution in [-0.4, -0.2) is 18.7 Å². The van der Waals surface area contributed by atoms with Gasteiger partial charge in [0.05, 0.1) is 6.10 Å². The van der Waals surface area contributed by atoms with Crippen molar-refractivity contribution in [2.45, 2.75) is 38.9 Å². The van der Waals surface area contributed by atoms with Crippen molar-refractivity contribution in [1.82, 2.24) is 0 Å². The molecular weight excluding hydrogens is 372 g/mol. The number of ether oxygens (including phenoxy) is 2. The number of hydrogen-bond acceptors (Lipinski definition) is 3. The maximum absolute atomic E-state index is 11.0. The maximum Gasteiger partial charge on any atom is 0.302 e. The van der Waals surface area contributed by atoms with Crippen molar-refractivity contribution < 1.29 is 14.3 Å². The largest absolute Gasteiger partial charge is 0.463 e. The van der Waals surface area contributed by atoms with Crippen LogP contribution in [0.3, 0.4) is 0 Å². The standard InChI is InChI=1S/C24H25ClO3/c1-16(2)19-9-7-18(8-10-19)13-21-14-20(11-12-23(21)25)24-6-4-5-22(28-24)15-27-17(3)26/h4-5,7-12,14,22,24H,1,6,13,15H2,2-3H3/t22-,24+/m1/s1. The van der Waals surface area contributed by atoms with Crippen molar-refractivity contribution >= 4 is 23.1 Å². The number of rotatable bonds is 6. The molecule has 28 heavy (non-hydrogen) atoms. The first kappa shape index (κ1) is 20.4. The van der Waals surface area contributed by atoms with Crippen LogP contribution in [0.1, 0.15) is 48.6 Å². The summed E-state index contributed by atoms with van der Waals surface area (Å²) in [6, 6.07) is 14.4. The number of hydrogen-bond donors (Lipinski definition) is 0. The number of halogens is 1. The first-order chi connectivity index (χ1) is 13.4. The van der Waals surface area contributed by atoms with Gasteiger partial charge in [0, 0.05) is 11.9 Å². The molecule has 3 nitrogen and oxygen atoms in total. The molecule has 0 saturated carbocycles. The zero-order chi connectivity index (χ0) is 20.1. The van der Waals surface area contributed by atoms with Gasteiger partial charge in [-0.1, -0.05) is 72.3 Å². The molecule has 0 saturated heterocycles. The molecule has 0 radical (unpaired) electrons. The van der Waals surface area contributed by atoms with Crippen LogP contribution in [0.15, 0.2) is 61.2 Å². The van der Waals surface area contributed by atoms with Crippen molar-refractivity contribution in [3.05, 3.63) is 88.5 Å². The highest BCUT2D eigenvalue weighted by Crippen LogP contribution is 2.31. The summed E-state index contributed by atoms with van der Waals surface area (Å²) in [5.41, 5.74) is 5.54. The maximum atomic E-state index is 11.0. The van der Waals surface area contributed by atoms with Crippen LogP contribution in [0.25, 0.3) is 5.57 Å². The monoisotopic (exact) mass is 396 g/mol. The average Bonchev–Trinajstić information content (AvgIpc) is 2.68. The van der Waals surface area contributed by atoms with Crippen LogP contribution in [0.2, 0.25) is 5.02 Å².